The fourth-order valence-corrected chi connectivity index (χ4v) is 1.96. The van der Waals surface area contributed by atoms with Crippen LogP contribution in [-0.4, -0.2) is 14.8 Å². The molecule has 0 radical (unpaired) electrons. The normalized spacial score (nSPS) is 10.6. The Bertz CT molecular complexity index is 459. The van der Waals surface area contributed by atoms with E-state index in [1.807, 2.05) is 29.7 Å². The number of aryl methyl sites for hydroxylation is 1. The van der Waals surface area contributed by atoms with Crippen molar-refractivity contribution in [3.8, 4) is 5.69 Å². The van der Waals surface area contributed by atoms with Crippen LogP contribution in [0.15, 0.2) is 24.5 Å². The fourth-order valence-electron chi connectivity index (χ4n) is 1.47. The molecule has 2 rings (SSSR count). The van der Waals surface area contributed by atoms with Gasteiger partial charge in [-0.1, -0.05) is 23.7 Å². The summed E-state index contributed by atoms with van der Waals surface area (Å²) in [7, 11) is 0. The molecule has 5 heteroatoms. The van der Waals surface area contributed by atoms with E-state index in [0.717, 1.165) is 11.3 Å². The predicted octanol–water partition coefficient (Wildman–Crippen LogP) is 2.97. The van der Waals surface area contributed by atoms with Crippen LogP contribution in [-0.2, 0) is 5.88 Å². The number of para-hydroxylation sites is 1. The molecule has 15 heavy (non-hydrogen) atoms. The molecule has 0 aliphatic rings. The first kappa shape index (κ1) is 10.5. The summed E-state index contributed by atoms with van der Waals surface area (Å²) in [5.74, 6) is 0.998. The minimum atomic E-state index is 0.310. The highest BCUT2D eigenvalue weighted by atomic mass is 35.5. The van der Waals surface area contributed by atoms with Crippen molar-refractivity contribution in [3.05, 3.63) is 40.9 Å². The quantitative estimate of drug-likeness (QED) is 0.758. The van der Waals surface area contributed by atoms with Gasteiger partial charge in [-0.3, -0.25) is 4.57 Å². The van der Waals surface area contributed by atoms with E-state index in [0.29, 0.717) is 16.7 Å². The highest BCUT2D eigenvalue weighted by molar-refractivity contribution is 6.32. The van der Waals surface area contributed by atoms with Crippen LogP contribution in [0.5, 0.6) is 0 Å². The minimum Gasteiger partial charge on any atom is -0.283 e. The van der Waals surface area contributed by atoms with E-state index >= 15 is 0 Å². The number of benzene rings is 1. The Balaban J connectivity index is 2.63. The van der Waals surface area contributed by atoms with E-state index < -0.39 is 0 Å². The SMILES string of the molecule is Cc1cccc(Cl)c1-n1cnnc1CCl. The van der Waals surface area contributed by atoms with Gasteiger partial charge in [0.1, 0.15) is 6.33 Å². The average Bonchev–Trinajstić information content (AvgIpc) is 2.65. The summed E-state index contributed by atoms with van der Waals surface area (Å²) in [5, 5.41) is 8.40. The Hall–Kier alpha value is -1.06. The summed E-state index contributed by atoms with van der Waals surface area (Å²) in [6.07, 6.45) is 1.62. The van der Waals surface area contributed by atoms with Crippen molar-refractivity contribution >= 4 is 23.2 Å². The first-order chi connectivity index (χ1) is 7.24. The second-order valence-corrected chi connectivity index (χ2v) is 3.83. The topological polar surface area (TPSA) is 30.7 Å². The molecule has 2 aromatic rings. The summed E-state index contributed by atoms with van der Waals surface area (Å²) < 4.78 is 1.81. The van der Waals surface area contributed by atoms with Crippen molar-refractivity contribution in [1.82, 2.24) is 14.8 Å². The van der Waals surface area contributed by atoms with Gasteiger partial charge in [0.2, 0.25) is 0 Å². The third kappa shape index (κ3) is 1.85. The minimum absolute atomic E-state index is 0.310. The Morgan fingerprint density at radius 3 is 2.87 bits per heavy atom. The average molecular weight is 242 g/mol. The number of aromatic nitrogens is 3. The maximum Gasteiger partial charge on any atom is 0.152 e. The van der Waals surface area contributed by atoms with Crippen molar-refractivity contribution in [3.63, 3.8) is 0 Å². The van der Waals surface area contributed by atoms with Gasteiger partial charge in [-0.25, -0.2) is 0 Å². The van der Waals surface area contributed by atoms with Crippen LogP contribution in [0.3, 0.4) is 0 Å². The Kier molecular flexibility index (Phi) is 2.93. The number of alkyl halides is 1. The number of rotatable bonds is 2. The molecule has 78 valence electrons. The Labute approximate surface area is 97.7 Å². The molecule has 0 bridgehead atoms. The molecule has 0 amide bonds. The van der Waals surface area contributed by atoms with Crippen LogP contribution in [0.25, 0.3) is 5.69 Å². The van der Waals surface area contributed by atoms with E-state index in [-0.39, 0.29) is 0 Å². The monoisotopic (exact) mass is 241 g/mol. The van der Waals surface area contributed by atoms with Gasteiger partial charge in [-0.15, -0.1) is 21.8 Å². The molecule has 0 unspecified atom stereocenters. The van der Waals surface area contributed by atoms with Crippen LogP contribution < -0.4 is 0 Å². The smallest absolute Gasteiger partial charge is 0.152 e. The van der Waals surface area contributed by atoms with E-state index in [1.165, 1.54) is 0 Å². The third-order valence-electron chi connectivity index (χ3n) is 2.17. The van der Waals surface area contributed by atoms with Crippen molar-refractivity contribution in [2.75, 3.05) is 0 Å². The molecule has 3 nitrogen and oxygen atoms in total. The summed E-state index contributed by atoms with van der Waals surface area (Å²) in [5.41, 5.74) is 1.95. The number of nitrogens with zero attached hydrogens (tertiary/aromatic N) is 3. The molecule has 1 aromatic carbocycles. The van der Waals surface area contributed by atoms with Crippen molar-refractivity contribution in [2.24, 2.45) is 0 Å². The van der Waals surface area contributed by atoms with Gasteiger partial charge in [0.15, 0.2) is 5.82 Å². The lowest BCUT2D eigenvalue weighted by Gasteiger charge is -2.09. The number of hydrogen-bond acceptors (Lipinski definition) is 2. The predicted molar refractivity (Wildman–Crippen MR) is 60.7 cm³/mol. The van der Waals surface area contributed by atoms with Gasteiger partial charge in [-0.2, -0.15) is 0 Å². The molecule has 0 saturated carbocycles. The van der Waals surface area contributed by atoms with Crippen molar-refractivity contribution in [2.45, 2.75) is 12.8 Å². The molecule has 0 saturated heterocycles. The van der Waals surface area contributed by atoms with Gasteiger partial charge >= 0.3 is 0 Å². The molecular formula is C10H9Cl2N3. The van der Waals surface area contributed by atoms with E-state index in [9.17, 15) is 0 Å². The molecule has 0 aliphatic carbocycles. The Morgan fingerprint density at radius 2 is 2.20 bits per heavy atom. The number of hydrogen-bond donors (Lipinski definition) is 0. The van der Waals surface area contributed by atoms with Gasteiger partial charge in [0, 0.05) is 0 Å². The lowest BCUT2D eigenvalue weighted by atomic mass is 10.2. The second kappa shape index (κ2) is 4.21. The largest absolute Gasteiger partial charge is 0.283 e. The van der Waals surface area contributed by atoms with E-state index in [2.05, 4.69) is 10.2 Å². The first-order valence-electron chi connectivity index (χ1n) is 4.44. The van der Waals surface area contributed by atoms with Gasteiger partial charge < -0.3 is 0 Å². The van der Waals surface area contributed by atoms with Gasteiger partial charge in [0.25, 0.3) is 0 Å². The third-order valence-corrected chi connectivity index (χ3v) is 2.71. The van der Waals surface area contributed by atoms with Gasteiger partial charge in [0.05, 0.1) is 16.6 Å². The summed E-state index contributed by atoms with van der Waals surface area (Å²) in [6, 6.07) is 5.73. The zero-order valence-corrected chi connectivity index (χ0v) is 9.63. The zero-order chi connectivity index (χ0) is 10.8. The molecule has 0 atom stereocenters. The zero-order valence-electron chi connectivity index (χ0n) is 8.11. The van der Waals surface area contributed by atoms with Crippen LogP contribution in [0.1, 0.15) is 11.4 Å². The molecule has 1 aromatic heterocycles. The van der Waals surface area contributed by atoms with Crippen LogP contribution in [0.2, 0.25) is 5.02 Å². The molecule has 0 aliphatic heterocycles. The van der Waals surface area contributed by atoms with Gasteiger partial charge in [-0.05, 0) is 18.6 Å². The molecule has 1 heterocycles. The van der Waals surface area contributed by atoms with Crippen LogP contribution in [0.4, 0.5) is 0 Å². The lowest BCUT2D eigenvalue weighted by molar-refractivity contribution is 0.943. The molecule has 0 N–H and O–H groups in total. The highest BCUT2D eigenvalue weighted by Gasteiger charge is 2.10. The maximum atomic E-state index is 6.13. The molecule has 0 fully saturated rings. The summed E-state index contributed by atoms with van der Waals surface area (Å²) in [6.45, 7) is 1.99. The summed E-state index contributed by atoms with van der Waals surface area (Å²) in [4.78, 5) is 0. The fraction of sp³-hybridized carbons (Fsp3) is 0.200. The lowest BCUT2D eigenvalue weighted by Crippen LogP contribution is -2.01. The van der Waals surface area contributed by atoms with Crippen molar-refractivity contribution in [1.29, 1.82) is 0 Å². The Morgan fingerprint density at radius 1 is 1.40 bits per heavy atom. The first-order valence-corrected chi connectivity index (χ1v) is 5.35. The van der Waals surface area contributed by atoms with Crippen LogP contribution >= 0.6 is 23.2 Å². The van der Waals surface area contributed by atoms with E-state index in [1.54, 1.807) is 6.33 Å². The second-order valence-electron chi connectivity index (χ2n) is 3.16. The van der Waals surface area contributed by atoms with E-state index in [4.69, 9.17) is 23.2 Å². The number of halogens is 2. The standard InChI is InChI=1S/C10H9Cl2N3/c1-7-3-2-4-8(12)10(7)15-6-13-14-9(15)5-11/h2-4,6H,5H2,1H3. The molecular weight excluding hydrogens is 233 g/mol. The van der Waals surface area contributed by atoms with Crippen molar-refractivity contribution < 1.29 is 0 Å². The molecule has 0 spiro atoms. The maximum absolute atomic E-state index is 6.13. The highest BCUT2D eigenvalue weighted by Crippen LogP contribution is 2.24. The summed E-state index contributed by atoms with van der Waals surface area (Å²) >= 11 is 11.9. The van der Waals surface area contributed by atoms with Crippen LogP contribution in [0, 0.1) is 6.92 Å².